The van der Waals surface area contributed by atoms with Gasteiger partial charge in [0.05, 0.1) is 0 Å². The average Bonchev–Trinajstić information content (AvgIpc) is 3.12. The lowest BCUT2D eigenvalue weighted by Crippen LogP contribution is -2.31. The molecule has 1 atom stereocenters. The van der Waals surface area contributed by atoms with E-state index in [2.05, 4.69) is 17.2 Å². The summed E-state index contributed by atoms with van der Waals surface area (Å²) in [6.45, 7) is 5.12. The molecule has 2 heterocycles. The second-order valence-electron chi connectivity index (χ2n) is 5.68. The van der Waals surface area contributed by atoms with Crippen LogP contribution < -0.4 is 11.3 Å². The molecule has 1 saturated heterocycles. The van der Waals surface area contributed by atoms with Crippen molar-refractivity contribution in [3.63, 3.8) is 0 Å². The molecule has 1 fully saturated rings. The van der Waals surface area contributed by atoms with Crippen LogP contribution in [0.4, 0.5) is 0 Å². The molecule has 1 aromatic heterocycles. The molecule has 1 aromatic carbocycles. The number of nitrogen functional groups attached to an aromatic ring is 1. The molecular weight excluding hydrogens is 266 g/mol. The topological polar surface area (TPSA) is 71.5 Å². The van der Waals surface area contributed by atoms with Crippen molar-refractivity contribution >= 4 is 16.9 Å². The van der Waals surface area contributed by atoms with Crippen LogP contribution >= 0.6 is 0 Å². The molecule has 0 bridgehead atoms. The number of nitrogens with two attached hydrogens (primary N) is 1. The number of nitrogens with zero attached hydrogens (tertiary/aromatic N) is 1. The van der Waals surface area contributed by atoms with E-state index in [4.69, 9.17) is 10.3 Å². The Bertz CT molecular complexity index is 650. The molecule has 0 saturated carbocycles. The molecule has 21 heavy (non-hydrogen) atoms. The number of para-hydroxylation sites is 1. The fourth-order valence-electron chi connectivity index (χ4n) is 3.12. The van der Waals surface area contributed by atoms with Crippen LogP contribution in [-0.4, -0.2) is 23.9 Å². The predicted molar refractivity (Wildman–Crippen MR) is 81.5 cm³/mol. The van der Waals surface area contributed by atoms with Crippen LogP contribution in [0.3, 0.4) is 0 Å². The Morgan fingerprint density at radius 3 is 3.00 bits per heavy atom. The van der Waals surface area contributed by atoms with Gasteiger partial charge in [-0.1, -0.05) is 31.5 Å². The van der Waals surface area contributed by atoms with Crippen LogP contribution in [0.2, 0.25) is 0 Å². The molecule has 0 aliphatic carbocycles. The lowest BCUT2D eigenvalue weighted by Gasteiger charge is -2.15. The fraction of sp³-hybridized carbons (Fsp3) is 0.438. The minimum Gasteiger partial charge on any atom is -0.451 e. The third kappa shape index (κ3) is 2.66. The van der Waals surface area contributed by atoms with Crippen molar-refractivity contribution in [1.29, 1.82) is 0 Å². The molecule has 1 unspecified atom stereocenters. The van der Waals surface area contributed by atoms with Gasteiger partial charge in [0.2, 0.25) is 0 Å². The summed E-state index contributed by atoms with van der Waals surface area (Å²) in [6.07, 6.45) is 2.43. The molecule has 1 aliphatic heterocycles. The minimum absolute atomic E-state index is 0.332. The summed E-state index contributed by atoms with van der Waals surface area (Å²) in [7, 11) is 0. The summed E-state index contributed by atoms with van der Waals surface area (Å²) in [5.74, 6) is 6.00. The second-order valence-corrected chi connectivity index (χ2v) is 5.68. The highest BCUT2D eigenvalue weighted by Gasteiger charge is 2.26. The first-order valence-electron chi connectivity index (χ1n) is 7.46. The molecule has 0 radical (unpaired) electrons. The molecule has 3 rings (SSSR count). The standard InChI is InChI=1S/C16H21N3O2/c1-2-11-7-8-19(9-11)10-13-12-5-3-4-6-14(12)21-15(13)16(20)18-17/h3-6,11H,2,7-10,17H2,1H3,(H,18,20). The Hall–Kier alpha value is -1.85. The Labute approximate surface area is 124 Å². The molecular formula is C16H21N3O2. The van der Waals surface area contributed by atoms with E-state index >= 15 is 0 Å². The summed E-state index contributed by atoms with van der Waals surface area (Å²) in [5, 5.41) is 0.996. The van der Waals surface area contributed by atoms with E-state index in [1.165, 1.54) is 12.8 Å². The highest BCUT2D eigenvalue weighted by molar-refractivity contribution is 5.98. The van der Waals surface area contributed by atoms with Gasteiger partial charge >= 0.3 is 5.91 Å². The van der Waals surface area contributed by atoms with E-state index in [0.717, 1.165) is 42.1 Å². The lowest BCUT2D eigenvalue weighted by atomic mass is 10.1. The van der Waals surface area contributed by atoms with Gasteiger partial charge in [-0.3, -0.25) is 15.1 Å². The van der Waals surface area contributed by atoms with E-state index in [0.29, 0.717) is 5.76 Å². The first-order chi connectivity index (χ1) is 10.2. The summed E-state index contributed by atoms with van der Waals surface area (Å²) in [5.41, 5.74) is 3.85. The van der Waals surface area contributed by atoms with Gasteiger partial charge in [0.1, 0.15) is 5.58 Å². The number of fused-ring (bicyclic) bond motifs is 1. The van der Waals surface area contributed by atoms with E-state index in [9.17, 15) is 4.79 Å². The van der Waals surface area contributed by atoms with Crippen molar-refractivity contribution in [2.45, 2.75) is 26.3 Å². The summed E-state index contributed by atoms with van der Waals surface area (Å²) >= 11 is 0. The molecule has 3 N–H and O–H groups in total. The van der Waals surface area contributed by atoms with Crippen molar-refractivity contribution in [2.24, 2.45) is 11.8 Å². The van der Waals surface area contributed by atoms with Crippen LogP contribution in [0.5, 0.6) is 0 Å². The van der Waals surface area contributed by atoms with Crippen molar-refractivity contribution in [1.82, 2.24) is 10.3 Å². The monoisotopic (exact) mass is 287 g/mol. The van der Waals surface area contributed by atoms with Crippen LogP contribution in [-0.2, 0) is 6.54 Å². The molecule has 2 aromatic rings. The first kappa shape index (κ1) is 14.1. The zero-order valence-electron chi connectivity index (χ0n) is 12.3. The van der Waals surface area contributed by atoms with Crippen LogP contribution in [0.1, 0.15) is 35.9 Å². The van der Waals surface area contributed by atoms with Gasteiger partial charge in [-0.2, -0.15) is 0 Å². The van der Waals surface area contributed by atoms with Crippen molar-refractivity contribution < 1.29 is 9.21 Å². The number of likely N-dealkylation sites (tertiary alicyclic amines) is 1. The highest BCUT2D eigenvalue weighted by Crippen LogP contribution is 2.29. The number of carbonyl (C=O) groups is 1. The summed E-state index contributed by atoms with van der Waals surface area (Å²) in [4.78, 5) is 14.3. The van der Waals surface area contributed by atoms with Crippen molar-refractivity contribution in [3.8, 4) is 0 Å². The normalized spacial score (nSPS) is 19.2. The summed E-state index contributed by atoms with van der Waals surface area (Å²) in [6, 6.07) is 7.74. The van der Waals surface area contributed by atoms with Gasteiger partial charge < -0.3 is 4.42 Å². The SMILES string of the molecule is CCC1CCN(Cc2c(C(=O)NN)oc3ccccc23)C1. The molecule has 5 nitrogen and oxygen atoms in total. The van der Waals surface area contributed by atoms with Crippen molar-refractivity contribution in [2.75, 3.05) is 13.1 Å². The maximum atomic E-state index is 11.9. The van der Waals surface area contributed by atoms with E-state index < -0.39 is 0 Å². The maximum absolute atomic E-state index is 11.9. The van der Waals surface area contributed by atoms with Crippen LogP contribution in [0.15, 0.2) is 28.7 Å². The largest absolute Gasteiger partial charge is 0.451 e. The van der Waals surface area contributed by atoms with Crippen LogP contribution in [0.25, 0.3) is 11.0 Å². The minimum atomic E-state index is -0.368. The number of hydrazine groups is 1. The molecule has 5 heteroatoms. The van der Waals surface area contributed by atoms with Gasteiger partial charge in [0.15, 0.2) is 5.76 Å². The number of hydrogen-bond donors (Lipinski definition) is 2. The number of carbonyl (C=O) groups excluding carboxylic acids is 1. The Morgan fingerprint density at radius 2 is 2.29 bits per heavy atom. The number of hydrogen-bond acceptors (Lipinski definition) is 4. The zero-order valence-corrected chi connectivity index (χ0v) is 12.3. The Balaban J connectivity index is 1.94. The average molecular weight is 287 g/mol. The molecule has 0 spiro atoms. The van der Waals surface area contributed by atoms with E-state index in [-0.39, 0.29) is 5.91 Å². The molecule has 112 valence electrons. The third-order valence-corrected chi connectivity index (χ3v) is 4.36. The fourth-order valence-corrected chi connectivity index (χ4v) is 3.12. The number of amides is 1. The summed E-state index contributed by atoms with van der Waals surface area (Å²) < 4.78 is 5.70. The third-order valence-electron chi connectivity index (χ3n) is 4.36. The Kier molecular flexibility index (Phi) is 3.94. The van der Waals surface area contributed by atoms with Gasteiger partial charge in [0, 0.05) is 24.0 Å². The van der Waals surface area contributed by atoms with Gasteiger partial charge in [-0.05, 0) is 24.9 Å². The molecule has 1 amide bonds. The van der Waals surface area contributed by atoms with Gasteiger partial charge in [0.25, 0.3) is 0 Å². The molecule has 1 aliphatic rings. The van der Waals surface area contributed by atoms with Gasteiger partial charge in [-0.15, -0.1) is 0 Å². The van der Waals surface area contributed by atoms with Gasteiger partial charge in [-0.25, -0.2) is 5.84 Å². The van der Waals surface area contributed by atoms with E-state index in [1.54, 1.807) is 0 Å². The predicted octanol–water partition coefficient (Wildman–Crippen LogP) is 2.27. The number of rotatable bonds is 4. The zero-order chi connectivity index (χ0) is 14.8. The van der Waals surface area contributed by atoms with Crippen LogP contribution in [0, 0.1) is 5.92 Å². The number of nitrogens with one attached hydrogen (secondary N) is 1. The number of furan rings is 1. The van der Waals surface area contributed by atoms with E-state index in [1.807, 2.05) is 24.3 Å². The maximum Gasteiger partial charge on any atom is 0.301 e. The number of benzene rings is 1. The quantitative estimate of drug-likeness (QED) is 0.514. The lowest BCUT2D eigenvalue weighted by molar-refractivity contribution is 0.0925. The smallest absolute Gasteiger partial charge is 0.301 e. The highest BCUT2D eigenvalue weighted by atomic mass is 16.3. The Morgan fingerprint density at radius 1 is 1.48 bits per heavy atom. The van der Waals surface area contributed by atoms with Crippen molar-refractivity contribution in [3.05, 3.63) is 35.6 Å². The second kappa shape index (κ2) is 5.87. The first-order valence-corrected chi connectivity index (χ1v) is 7.46.